The summed E-state index contributed by atoms with van der Waals surface area (Å²) in [5, 5.41) is 17.8. The predicted octanol–water partition coefficient (Wildman–Crippen LogP) is 2.27. The fourth-order valence-corrected chi connectivity index (χ4v) is 1.21. The largest absolute Gasteiger partial charge is 0.507 e. The normalized spacial score (nSPS) is 8.64. The Labute approximate surface area is 83.8 Å². The van der Waals surface area contributed by atoms with Crippen molar-refractivity contribution in [1.82, 2.24) is 0 Å². The molecule has 0 heterocycles. The monoisotopic (exact) mass is 185 g/mol. The number of phenols is 1. The minimum Gasteiger partial charge on any atom is -0.507 e. The molecule has 1 N–H and O–H groups in total. The lowest BCUT2D eigenvalue weighted by Gasteiger charge is -2.02. The molecule has 0 fully saturated rings. The molecule has 1 rings (SSSR count). The quantitative estimate of drug-likeness (QED) is 0.630. The van der Waals surface area contributed by atoms with Crippen LogP contribution >= 0.6 is 0 Å². The zero-order chi connectivity index (χ0) is 10.6. The molecule has 0 atom stereocenters. The number of aromatic hydroxyl groups is 1. The first-order valence-electron chi connectivity index (χ1n) is 4.31. The number of nitrogens with zero attached hydrogens (tertiary/aromatic N) is 1. The number of aryl methyl sites for hydroxylation is 2. The molecule has 1 aromatic carbocycles. The van der Waals surface area contributed by atoms with Crippen LogP contribution < -0.4 is 0 Å². The Hall–Kier alpha value is -1.93. The molecule has 1 aromatic rings. The Morgan fingerprint density at radius 3 is 2.36 bits per heavy atom. The smallest absolute Gasteiger partial charge is 0.121 e. The highest BCUT2D eigenvalue weighted by atomic mass is 16.3. The van der Waals surface area contributed by atoms with Gasteiger partial charge in [-0.3, -0.25) is 0 Å². The summed E-state index contributed by atoms with van der Waals surface area (Å²) >= 11 is 0. The molecule has 0 aromatic heterocycles. The standard InChI is InChI=1S/C12H11NO/c1-9-7-11(5-3-4-6-13)8-10(2)12(9)14/h7-8,14H,4H2,1-2H3. The third kappa shape index (κ3) is 2.28. The molecule has 2 heteroatoms. The van der Waals surface area contributed by atoms with Crippen LogP contribution in [0.25, 0.3) is 0 Å². The summed E-state index contributed by atoms with van der Waals surface area (Å²) in [6.07, 6.45) is 0.235. The fourth-order valence-electron chi connectivity index (χ4n) is 1.21. The first kappa shape index (κ1) is 10.2. The van der Waals surface area contributed by atoms with E-state index >= 15 is 0 Å². The minimum absolute atomic E-state index is 0.235. The minimum atomic E-state index is 0.235. The first-order chi connectivity index (χ1) is 6.65. The molecule has 0 saturated carbocycles. The first-order valence-corrected chi connectivity index (χ1v) is 4.31. The van der Waals surface area contributed by atoms with Gasteiger partial charge in [0.1, 0.15) is 5.75 Å². The predicted molar refractivity (Wildman–Crippen MR) is 54.7 cm³/mol. The molecule has 0 aliphatic rings. The van der Waals surface area contributed by atoms with E-state index < -0.39 is 0 Å². The van der Waals surface area contributed by atoms with E-state index in [0.29, 0.717) is 5.75 Å². The van der Waals surface area contributed by atoms with Gasteiger partial charge in [-0.25, -0.2) is 0 Å². The van der Waals surface area contributed by atoms with Crippen LogP contribution in [0.2, 0.25) is 0 Å². The van der Waals surface area contributed by atoms with Crippen LogP contribution in [0.3, 0.4) is 0 Å². The van der Waals surface area contributed by atoms with Crippen molar-refractivity contribution in [2.24, 2.45) is 0 Å². The number of hydrogen-bond donors (Lipinski definition) is 1. The van der Waals surface area contributed by atoms with Crippen LogP contribution in [0, 0.1) is 37.0 Å². The maximum atomic E-state index is 9.50. The Kier molecular flexibility index (Phi) is 3.15. The summed E-state index contributed by atoms with van der Waals surface area (Å²) in [5.41, 5.74) is 2.46. The van der Waals surface area contributed by atoms with Gasteiger partial charge < -0.3 is 5.11 Å². The average Bonchev–Trinajstić information content (AvgIpc) is 2.14. The van der Waals surface area contributed by atoms with E-state index in [4.69, 9.17) is 5.26 Å². The highest BCUT2D eigenvalue weighted by molar-refractivity contribution is 5.47. The molecule has 0 aliphatic heterocycles. The summed E-state index contributed by atoms with van der Waals surface area (Å²) in [7, 11) is 0. The van der Waals surface area contributed by atoms with Gasteiger partial charge in [0.25, 0.3) is 0 Å². The lowest BCUT2D eigenvalue weighted by Crippen LogP contribution is -1.83. The topological polar surface area (TPSA) is 44.0 Å². The van der Waals surface area contributed by atoms with Crippen molar-refractivity contribution in [3.05, 3.63) is 28.8 Å². The second-order valence-corrected chi connectivity index (χ2v) is 3.10. The lowest BCUT2D eigenvalue weighted by atomic mass is 10.1. The van der Waals surface area contributed by atoms with Crippen LogP contribution in [0.4, 0.5) is 0 Å². The Balaban J connectivity index is 3.04. The number of nitriles is 1. The van der Waals surface area contributed by atoms with Crippen LogP contribution in [-0.2, 0) is 0 Å². The maximum absolute atomic E-state index is 9.50. The summed E-state index contributed by atoms with van der Waals surface area (Å²) < 4.78 is 0. The van der Waals surface area contributed by atoms with Gasteiger partial charge in [-0.1, -0.05) is 11.8 Å². The molecule has 2 nitrogen and oxygen atoms in total. The molecule has 0 aliphatic carbocycles. The summed E-state index contributed by atoms with van der Waals surface area (Å²) in [6, 6.07) is 5.58. The number of rotatable bonds is 0. The van der Waals surface area contributed by atoms with Crippen molar-refractivity contribution in [1.29, 1.82) is 5.26 Å². The van der Waals surface area contributed by atoms with Crippen molar-refractivity contribution in [2.75, 3.05) is 0 Å². The van der Waals surface area contributed by atoms with Crippen molar-refractivity contribution >= 4 is 0 Å². The summed E-state index contributed by atoms with van der Waals surface area (Å²) in [4.78, 5) is 0. The van der Waals surface area contributed by atoms with Gasteiger partial charge in [-0.05, 0) is 37.1 Å². The Bertz CT molecular complexity index is 421. The van der Waals surface area contributed by atoms with Gasteiger partial charge in [0.2, 0.25) is 0 Å². The van der Waals surface area contributed by atoms with E-state index in [9.17, 15) is 5.11 Å². The second kappa shape index (κ2) is 4.35. The van der Waals surface area contributed by atoms with Crippen molar-refractivity contribution in [2.45, 2.75) is 20.3 Å². The molecule has 70 valence electrons. The highest BCUT2D eigenvalue weighted by Gasteiger charge is 2.00. The van der Waals surface area contributed by atoms with E-state index in [2.05, 4.69) is 11.8 Å². The van der Waals surface area contributed by atoms with Crippen LogP contribution in [-0.4, -0.2) is 5.11 Å². The van der Waals surface area contributed by atoms with Crippen molar-refractivity contribution in [3.8, 4) is 23.7 Å². The van der Waals surface area contributed by atoms with Crippen molar-refractivity contribution in [3.63, 3.8) is 0 Å². The Morgan fingerprint density at radius 2 is 1.86 bits per heavy atom. The second-order valence-electron chi connectivity index (χ2n) is 3.10. The van der Waals surface area contributed by atoms with Crippen molar-refractivity contribution < 1.29 is 5.11 Å². The van der Waals surface area contributed by atoms with E-state index in [0.717, 1.165) is 16.7 Å². The molecular weight excluding hydrogens is 174 g/mol. The van der Waals surface area contributed by atoms with Gasteiger partial charge >= 0.3 is 0 Å². The maximum Gasteiger partial charge on any atom is 0.121 e. The zero-order valence-corrected chi connectivity index (χ0v) is 8.26. The molecule has 0 spiro atoms. The van der Waals surface area contributed by atoms with E-state index in [1.165, 1.54) is 0 Å². The van der Waals surface area contributed by atoms with Crippen LogP contribution in [0.5, 0.6) is 5.75 Å². The van der Waals surface area contributed by atoms with E-state index in [1.807, 2.05) is 32.0 Å². The SMILES string of the molecule is Cc1cc(C#CCC#N)cc(C)c1O. The Morgan fingerprint density at radius 1 is 1.29 bits per heavy atom. The third-order valence-electron chi connectivity index (χ3n) is 1.89. The molecule has 0 amide bonds. The number of hydrogen-bond acceptors (Lipinski definition) is 2. The van der Waals surface area contributed by atoms with Gasteiger partial charge in [0, 0.05) is 5.56 Å². The molecule has 0 bridgehead atoms. The van der Waals surface area contributed by atoms with Crippen LogP contribution in [0.15, 0.2) is 12.1 Å². The van der Waals surface area contributed by atoms with Gasteiger partial charge in [-0.15, -0.1) is 0 Å². The molecule has 14 heavy (non-hydrogen) atoms. The highest BCUT2D eigenvalue weighted by Crippen LogP contribution is 2.22. The molecule has 0 saturated heterocycles. The van der Waals surface area contributed by atoms with Crippen LogP contribution in [0.1, 0.15) is 23.1 Å². The van der Waals surface area contributed by atoms with Gasteiger partial charge in [0.05, 0.1) is 12.5 Å². The van der Waals surface area contributed by atoms with Gasteiger partial charge in [0.15, 0.2) is 0 Å². The number of phenolic OH excluding ortho intramolecular Hbond substituents is 1. The molecular formula is C12H11NO. The molecule has 0 radical (unpaired) electrons. The number of benzene rings is 1. The summed E-state index contributed by atoms with van der Waals surface area (Å²) in [5.74, 6) is 5.92. The fraction of sp³-hybridized carbons (Fsp3) is 0.250. The van der Waals surface area contributed by atoms with E-state index in [1.54, 1.807) is 0 Å². The summed E-state index contributed by atoms with van der Waals surface area (Å²) in [6.45, 7) is 3.66. The zero-order valence-electron chi connectivity index (χ0n) is 8.26. The lowest BCUT2D eigenvalue weighted by molar-refractivity contribution is 0.467. The average molecular weight is 185 g/mol. The molecule has 0 unspecified atom stereocenters. The third-order valence-corrected chi connectivity index (χ3v) is 1.89. The van der Waals surface area contributed by atoms with E-state index in [-0.39, 0.29) is 6.42 Å². The van der Waals surface area contributed by atoms with Gasteiger partial charge in [-0.2, -0.15) is 5.26 Å².